The smallest absolute Gasteiger partial charge is 0.0723 e. The van der Waals surface area contributed by atoms with E-state index >= 15 is 0 Å². The highest BCUT2D eigenvalue weighted by Gasteiger charge is 2.25. The first-order valence-electron chi connectivity index (χ1n) is 7.02. The Balaban J connectivity index is 2.21. The number of ether oxygens (including phenoxy) is 1. The Bertz CT molecular complexity index is 425. The zero-order valence-electron chi connectivity index (χ0n) is 11.7. The first kappa shape index (κ1) is 14.6. The summed E-state index contributed by atoms with van der Waals surface area (Å²) in [6.07, 6.45) is 2.18. The molecule has 4 heteroatoms. The van der Waals surface area contributed by atoms with Crippen molar-refractivity contribution >= 4 is 17.3 Å². The molecule has 1 aromatic carbocycles. The fourth-order valence-electron chi connectivity index (χ4n) is 2.57. The quantitative estimate of drug-likeness (QED) is 0.923. The van der Waals surface area contributed by atoms with Gasteiger partial charge in [0.1, 0.15) is 0 Å². The van der Waals surface area contributed by atoms with Gasteiger partial charge in [-0.1, -0.05) is 24.6 Å². The zero-order valence-corrected chi connectivity index (χ0v) is 12.5. The fraction of sp³-hybridized carbons (Fsp3) is 0.600. The predicted octanol–water partition coefficient (Wildman–Crippen LogP) is 2.84. The van der Waals surface area contributed by atoms with Crippen LogP contribution in [0.3, 0.4) is 0 Å². The molecule has 0 saturated carbocycles. The molecule has 106 valence electrons. The zero-order chi connectivity index (χ0) is 13.8. The van der Waals surface area contributed by atoms with Crippen molar-refractivity contribution in [3.63, 3.8) is 0 Å². The van der Waals surface area contributed by atoms with E-state index in [1.165, 1.54) is 5.69 Å². The van der Waals surface area contributed by atoms with Crippen LogP contribution < -0.4 is 10.6 Å². The fourth-order valence-corrected chi connectivity index (χ4v) is 2.84. The van der Waals surface area contributed by atoms with Gasteiger partial charge in [0.15, 0.2) is 0 Å². The molecule has 0 spiro atoms. The minimum Gasteiger partial charge on any atom is -0.375 e. The van der Waals surface area contributed by atoms with Crippen LogP contribution in [0.5, 0.6) is 0 Å². The molecule has 0 radical (unpaired) electrons. The molecular formula is C15H23ClN2O. The topological polar surface area (TPSA) is 38.5 Å². The van der Waals surface area contributed by atoms with Crippen molar-refractivity contribution < 1.29 is 4.74 Å². The summed E-state index contributed by atoms with van der Waals surface area (Å²) in [5, 5.41) is 0.817. The van der Waals surface area contributed by atoms with Gasteiger partial charge in [-0.15, -0.1) is 0 Å². The molecule has 0 aliphatic carbocycles. The molecule has 1 fully saturated rings. The number of anilines is 1. The molecule has 19 heavy (non-hydrogen) atoms. The number of nitrogens with zero attached hydrogens (tertiary/aromatic N) is 1. The Kier molecular flexibility index (Phi) is 5.08. The lowest BCUT2D eigenvalue weighted by Crippen LogP contribution is -2.48. The molecule has 2 N–H and O–H groups in total. The van der Waals surface area contributed by atoms with Crippen LogP contribution in [0, 0.1) is 0 Å². The van der Waals surface area contributed by atoms with E-state index < -0.39 is 0 Å². The van der Waals surface area contributed by atoms with E-state index in [1.54, 1.807) is 0 Å². The number of morpholine rings is 1. The minimum absolute atomic E-state index is 0.269. The number of rotatable bonds is 4. The molecule has 1 aliphatic rings. The normalized spacial score (nSPS) is 23.7. The van der Waals surface area contributed by atoms with E-state index in [4.69, 9.17) is 22.1 Å². The molecule has 0 amide bonds. The summed E-state index contributed by atoms with van der Waals surface area (Å²) in [6.45, 7) is 6.65. The second-order valence-corrected chi connectivity index (χ2v) is 5.58. The van der Waals surface area contributed by atoms with Gasteiger partial charge in [-0.25, -0.2) is 0 Å². The number of benzene rings is 1. The maximum absolute atomic E-state index is 6.34. The van der Waals surface area contributed by atoms with E-state index in [9.17, 15) is 0 Å². The van der Waals surface area contributed by atoms with Gasteiger partial charge in [0.2, 0.25) is 0 Å². The molecule has 2 unspecified atom stereocenters. The van der Waals surface area contributed by atoms with E-state index in [-0.39, 0.29) is 6.10 Å². The summed E-state index contributed by atoms with van der Waals surface area (Å²) in [5.41, 5.74) is 7.90. The van der Waals surface area contributed by atoms with E-state index in [0.717, 1.165) is 36.6 Å². The summed E-state index contributed by atoms with van der Waals surface area (Å²) in [7, 11) is 0. The third-order valence-corrected chi connectivity index (χ3v) is 4.07. The summed E-state index contributed by atoms with van der Waals surface area (Å²) in [5.74, 6) is 0. The monoisotopic (exact) mass is 282 g/mol. The average Bonchev–Trinajstić information content (AvgIpc) is 2.41. The maximum Gasteiger partial charge on any atom is 0.0723 e. The second-order valence-electron chi connectivity index (χ2n) is 5.17. The van der Waals surface area contributed by atoms with Crippen molar-refractivity contribution in [3.8, 4) is 0 Å². The lowest BCUT2D eigenvalue weighted by molar-refractivity contribution is 0.0299. The second kappa shape index (κ2) is 6.60. The van der Waals surface area contributed by atoms with Gasteiger partial charge in [-0.2, -0.15) is 0 Å². The summed E-state index contributed by atoms with van der Waals surface area (Å²) in [6, 6.07) is 6.75. The average molecular weight is 283 g/mol. The van der Waals surface area contributed by atoms with Crippen LogP contribution >= 0.6 is 11.6 Å². The maximum atomic E-state index is 6.34. The Morgan fingerprint density at radius 1 is 1.47 bits per heavy atom. The number of hydrogen-bond donors (Lipinski definition) is 1. The molecule has 3 nitrogen and oxygen atoms in total. The number of halogens is 1. The van der Waals surface area contributed by atoms with Crippen molar-refractivity contribution in [2.45, 2.75) is 38.8 Å². The van der Waals surface area contributed by atoms with Crippen molar-refractivity contribution in [1.29, 1.82) is 0 Å². The third kappa shape index (κ3) is 3.41. The van der Waals surface area contributed by atoms with E-state index in [1.807, 2.05) is 0 Å². The van der Waals surface area contributed by atoms with Crippen LogP contribution in [-0.2, 0) is 11.2 Å². The van der Waals surface area contributed by atoms with Crippen molar-refractivity contribution in [2.24, 2.45) is 5.73 Å². The van der Waals surface area contributed by atoms with Crippen molar-refractivity contribution in [1.82, 2.24) is 0 Å². The molecular weight excluding hydrogens is 260 g/mol. The van der Waals surface area contributed by atoms with Crippen molar-refractivity contribution in [2.75, 3.05) is 24.6 Å². The molecule has 0 aromatic heterocycles. The van der Waals surface area contributed by atoms with Gasteiger partial charge in [-0.05, 0) is 44.0 Å². The molecule has 1 heterocycles. The molecule has 1 aliphatic heterocycles. The van der Waals surface area contributed by atoms with Crippen LogP contribution in [0.4, 0.5) is 5.69 Å². The van der Waals surface area contributed by atoms with Crippen LogP contribution in [0.1, 0.15) is 25.8 Å². The number of hydrogen-bond acceptors (Lipinski definition) is 3. The van der Waals surface area contributed by atoms with Gasteiger partial charge < -0.3 is 15.4 Å². The van der Waals surface area contributed by atoms with E-state index in [0.29, 0.717) is 12.6 Å². The molecule has 1 saturated heterocycles. The summed E-state index contributed by atoms with van der Waals surface area (Å²) >= 11 is 6.34. The molecule has 0 bridgehead atoms. The van der Waals surface area contributed by atoms with Gasteiger partial charge >= 0.3 is 0 Å². The Morgan fingerprint density at radius 3 is 2.89 bits per heavy atom. The van der Waals surface area contributed by atoms with Crippen LogP contribution in [0.15, 0.2) is 18.2 Å². The van der Waals surface area contributed by atoms with Crippen LogP contribution in [0.2, 0.25) is 5.02 Å². The SMILES string of the molecule is CCC1COC(C)CN1c1ccc(CCN)c(Cl)c1. The van der Waals surface area contributed by atoms with Gasteiger partial charge in [0.25, 0.3) is 0 Å². The molecule has 2 atom stereocenters. The lowest BCUT2D eigenvalue weighted by Gasteiger charge is -2.40. The largest absolute Gasteiger partial charge is 0.375 e. The Morgan fingerprint density at radius 2 is 2.26 bits per heavy atom. The van der Waals surface area contributed by atoms with Gasteiger partial charge in [0.05, 0.1) is 18.8 Å². The highest BCUT2D eigenvalue weighted by molar-refractivity contribution is 6.31. The van der Waals surface area contributed by atoms with E-state index in [2.05, 4.69) is 36.9 Å². The molecule has 1 aromatic rings. The highest BCUT2D eigenvalue weighted by Crippen LogP contribution is 2.28. The highest BCUT2D eigenvalue weighted by atomic mass is 35.5. The van der Waals surface area contributed by atoms with Crippen LogP contribution in [-0.4, -0.2) is 31.8 Å². The van der Waals surface area contributed by atoms with Gasteiger partial charge in [0, 0.05) is 17.3 Å². The minimum atomic E-state index is 0.269. The van der Waals surface area contributed by atoms with Crippen LogP contribution in [0.25, 0.3) is 0 Å². The predicted molar refractivity (Wildman–Crippen MR) is 81.0 cm³/mol. The summed E-state index contributed by atoms with van der Waals surface area (Å²) < 4.78 is 5.73. The summed E-state index contributed by atoms with van der Waals surface area (Å²) in [4.78, 5) is 2.41. The van der Waals surface area contributed by atoms with Crippen molar-refractivity contribution in [3.05, 3.63) is 28.8 Å². The third-order valence-electron chi connectivity index (χ3n) is 3.72. The first-order chi connectivity index (χ1) is 9.15. The first-order valence-corrected chi connectivity index (χ1v) is 7.40. The lowest BCUT2D eigenvalue weighted by atomic mass is 10.1. The Hall–Kier alpha value is -0.770. The standard InChI is InChI=1S/C15H23ClN2O/c1-3-13-10-19-11(2)9-18(13)14-5-4-12(6-7-17)15(16)8-14/h4-5,8,11,13H,3,6-7,9-10,17H2,1-2H3. The Labute approximate surface area is 120 Å². The number of nitrogens with two attached hydrogens (primary N) is 1. The van der Waals surface area contributed by atoms with Gasteiger partial charge in [-0.3, -0.25) is 0 Å². The molecule has 2 rings (SSSR count).